The number of carbonyl (C=O) groups is 2. The van der Waals surface area contributed by atoms with E-state index in [4.69, 9.17) is 9.47 Å². The van der Waals surface area contributed by atoms with Gasteiger partial charge >= 0.3 is 6.18 Å². The Morgan fingerprint density at radius 3 is 2.62 bits per heavy atom. The summed E-state index contributed by atoms with van der Waals surface area (Å²) in [5.74, 6) is -1.39. The summed E-state index contributed by atoms with van der Waals surface area (Å²) in [5.41, 5.74) is 3.39. The van der Waals surface area contributed by atoms with Crippen molar-refractivity contribution < 1.29 is 32.2 Å². The highest BCUT2D eigenvalue weighted by atomic mass is 19.4. The maximum Gasteiger partial charge on any atom is 0.413 e. The van der Waals surface area contributed by atoms with E-state index in [9.17, 15) is 22.8 Å². The van der Waals surface area contributed by atoms with Crippen LogP contribution in [0.2, 0.25) is 0 Å². The van der Waals surface area contributed by atoms with Crippen LogP contribution in [0.3, 0.4) is 0 Å². The molecule has 0 radical (unpaired) electrons. The summed E-state index contributed by atoms with van der Waals surface area (Å²) in [6.07, 6.45) is -2.36. The summed E-state index contributed by atoms with van der Waals surface area (Å²) >= 11 is 0. The van der Waals surface area contributed by atoms with Crippen molar-refractivity contribution in [3.63, 3.8) is 0 Å². The van der Waals surface area contributed by atoms with Gasteiger partial charge in [0.05, 0.1) is 42.6 Å². The fraction of sp³-hybridized carbons (Fsp3) is 0.407. The molecule has 2 fully saturated rings. The largest absolute Gasteiger partial charge is 0.481 e. The van der Waals surface area contributed by atoms with Crippen LogP contribution < -0.4 is 15.4 Å². The maximum atomic E-state index is 14.1. The summed E-state index contributed by atoms with van der Waals surface area (Å²) in [6.45, 7) is 1.16. The number of hydrogen-bond acceptors (Lipinski definition) is 7. The van der Waals surface area contributed by atoms with E-state index in [-0.39, 0.29) is 30.4 Å². The van der Waals surface area contributed by atoms with Crippen LogP contribution in [0, 0.1) is 5.92 Å². The molecule has 2 aromatic heterocycles. The number of aromatic nitrogens is 2. The molecule has 2 aliphatic heterocycles. The van der Waals surface area contributed by atoms with Crippen molar-refractivity contribution in [2.45, 2.75) is 31.0 Å². The van der Waals surface area contributed by atoms with Gasteiger partial charge in [-0.05, 0) is 30.2 Å². The molecule has 9 nitrogen and oxygen atoms in total. The molecule has 0 saturated carbocycles. The van der Waals surface area contributed by atoms with E-state index in [2.05, 4.69) is 20.6 Å². The molecule has 39 heavy (non-hydrogen) atoms. The lowest BCUT2D eigenvalue weighted by Crippen LogP contribution is -2.43. The lowest BCUT2D eigenvalue weighted by Gasteiger charge is -2.32. The van der Waals surface area contributed by atoms with Gasteiger partial charge in [0.1, 0.15) is 0 Å². The second kappa shape index (κ2) is 10.7. The Morgan fingerprint density at radius 1 is 1.23 bits per heavy atom. The van der Waals surface area contributed by atoms with Gasteiger partial charge in [-0.1, -0.05) is 12.1 Å². The molecule has 206 valence electrons. The molecule has 0 bridgehead atoms. The number of nitrogens with zero attached hydrogens (tertiary/aromatic N) is 3. The Labute approximate surface area is 222 Å². The highest BCUT2D eigenvalue weighted by molar-refractivity contribution is 5.89. The van der Waals surface area contributed by atoms with Gasteiger partial charge in [-0.15, -0.1) is 0 Å². The molecule has 0 unspecified atom stereocenters. The zero-order valence-corrected chi connectivity index (χ0v) is 21.4. The van der Waals surface area contributed by atoms with Gasteiger partial charge in [0.25, 0.3) is 0 Å². The SMILES string of the molecule is COc1ccc2ncc(Nc3ccc([C@H](N(C)C(=O)[C@@H]4CNC(=O)C4)C(F)(F)F)cc3)c([C@H]3CCOC3)c2n1. The number of fused-ring (bicyclic) bond motifs is 1. The van der Waals surface area contributed by atoms with Crippen LogP contribution in [-0.2, 0) is 14.3 Å². The molecule has 1 aromatic carbocycles. The maximum absolute atomic E-state index is 14.1. The molecular weight excluding hydrogens is 515 g/mol. The fourth-order valence-electron chi connectivity index (χ4n) is 5.19. The Hall–Kier alpha value is -3.93. The molecule has 0 aliphatic carbocycles. The molecule has 12 heteroatoms. The number of methoxy groups -OCH3 is 1. The summed E-state index contributed by atoms with van der Waals surface area (Å²) < 4.78 is 53.3. The molecule has 3 atom stereocenters. The topological polar surface area (TPSA) is 106 Å². The van der Waals surface area contributed by atoms with Gasteiger partial charge in [0.15, 0.2) is 6.04 Å². The zero-order chi connectivity index (χ0) is 27.7. The molecular formula is C27H28F3N5O4. The van der Waals surface area contributed by atoms with Crippen LogP contribution in [0.25, 0.3) is 11.0 Å². The highest BCUT2D eigenvalue weighted by Gasteiger charge is 2.46. The average Bonchev–Trinajstić information content (AvgIpc) is 3.60. The average molecular weight is 544 g/mol. The Kier molecular flexibility index (Phi) is 7.30. The summed E-state index contributed by atoms with van der Waals surface area (Å²) in [7, 11) is 2.65. The smallest absolute Gasteiger partial charge is 0.413 e. The van der Waals surface area contributed by atoms with Gasteiger partial charge in [-0.2, -0.15) is 13.2 Å². The standard InChI is InChI=1S/C27H28F3N5O4/c1-35(26(37)17-11-21(36)32-12-17)25(27(28,29)30)15-3-5-18(6-4-15)33-20-13-31-19-7-8-22(38-2)34-24(19)23(20)16-9-10-39-14-16/h3-8,13,16-17,25,33H,9-12,14H2,1-2H3,(H,32,36)/t16-,17-,25-/m0/s1. The first-order valence-corrected chi connectivity index (χ1v) is 12.5. The number of anilines is 2. The molecule has 3 aromatic rings. The molecule has 2 aliphatic rings. The van der Waals surface area contributed by atoms with Gasteiger partial charge in [-0.3, -0.25) is 14.6 Å². The van der Waals surface area contributed by atoms with Crippen LogP contribution in [0.1, 0.15) is 35.9 Å². The first-order valence-electron chi connectivity index (χ1n) is 12.5. The number of benzene rings is 1. The van der Waals surface area contributed by atoms with Crippen molar-refractivity contribution in [3.05, 3.63) is 53.7 Å². The number of ether oxygens (including phenoxy) is 2. The number of carbonyl (C=O) groups excluding carboxylic acids is 2. The monoisotopic (exact) mass is 543 g/mol. The van der Waals surface area contributed by atoms with Crippen LogP contribution in [0.15, 0.2) is 42.6 Å². The number of pyridine rings is 2. The number of nitrogens with one attached hydrogen (secondary N) is 2. The van der Waals surface area contributed by atoms with Crippen molar-refractivity contribution >= 4 is 34.2 Å². The third kappa shape index (κ3) is 5.47. The lowest BCUT2D eigenvalue weighted by molar-refractivity contribution is -0.190. The summed E-state index contributed by atoms with van der Waals surface area (Å²) in [5, 5.41) is 5.77. The van der Waals surface area contributed by atoms with E-state index in [1.54, 1.807) is 12.3 Å². The van der Waals surface area contributed by atoms with Crippen LogP contribution in [0.5, 0.6) is 5.88 Å². The number of halogens is 3. The lowest BCUT2D eigenvalue weighted by atomic mass is 9.95. The van der Waals surface area contributed by atoms with Crippen LogP contribution in [-0.4, -0.2) is 66.8 Å². The predicted octanol–water partition coefficient (Wildman–Crippen LogP) is 4.08. The van der Waals surface area contributed by atoms with Crippen molar-refractivity contribution in [3.8, 4) is 5.88 Å². The van der Waals surface area contributed by atoms with Gasteiger partial charge in [0.2, 0.25) is 17.7 Å². The second-order valence-electron chi connectivity index (χ2n) is 9.71. The zero-order valence-electron chi connectivity index (χ0n) is 21.4. The number of hydrogen-bond donors (Lipinski definition) is 2. The Bertz CT molecular complexity index is 1380. The number of amides is 2. The van der Waals surface area contributed by atoms with E-state index >= 15 is 0 Å². The third-order valence-corrected chi connectivity index (χ3v) is 7.15. The van der Waals surface area contributed by atoms with E-state index in [0.29, 0.717) is 46.4 Å². The molecule has 2 saturated heterocycles. The normalized spacial score (nSPS) is 20.1. The minimum absolute atomic E-state index is 0.0321. The minimum Gasteiger partial charge on any atom is -0.481 e. The quantitative estimate of drug-likeness (QED) is 0.463. The van der Waals surface area contributed by atoms with Crippen molar-refractivity contribution in [1.82, 2.24) is 20.2 Å². The molecule has 0 spiro atoms. The van der Waals surface area contributed by atoms with Gasteiger partial charge in [0, 0.05) is 49.9 Å². The van der Waals surface area contributed by atoms with Crippen molar-refractivity contribution in [2.24, 2.45) is 5.92 Å². The minimum atomic E-state index is -4.71. The first kappa shape index (κ1) is 26.7. The fourth-order valence-corrected chi connectivity index (χ4v) is 5.19. The molecule has 5 rings (SSSR count). The number of alkyl halides is 3. The van der Waals surface area contributed by atoms with Crippen LogP contribution >= 0.6 is 0 Å². The van der Waals surface area contributed by atoms with E-state index in [1.807, 2.05) is 6.07 Å². The van der Waals surface area contributed by atoms with E-state index < -0.39 is 24.0 Å². The summed E-state index contributed by atoms with van der Waals surface area (Å²) in [4.78, 5) is 34.0. The summed E-state index contributed by atoms with van der Waals surface area (Å²) in [6, 6.07) is 7.16. The van der Waals surface area contributed by atoms with Crippen LogP contribution in [0.4, 0.5) is 24.5 Å². The van der Waals surface area contributed by atoms with Crippen molar-refractivity contribution in [2.75, 3.05) is 39.2 Å². The van der Waals surface area contributed by atoms with Crippen molar-refractivity contribution in [1.29, 1.82) is 0 Å². The molecule has 4 heterocycles. The molecule has 2 N–H and O–H groups in total. The number of rotatable bonds is 7. The van der Waals surface area contributed by atoms with Gasteiger partial charge in [-0.25, -0.2) is 4.98 Å². The Morgan fingerprint density at radius 2 is 2.00 bits per heavy atom. The second-order valence-corrected chi connectivity index (χ2v) is 9.71. The Balaban J connectivity index is 1.43. The third-order valence-electron chi connectivity index (χ3n) is 7.15. The predicted molar refractivity (Wildman–Crippen MR) is 137 cm³/mol. The van der Waals surface area contributed by atoms with E-state index in [1.165, 1.54) is 31.4 Å². The van der Waals surface area contributed by atoms with E-state index in [0.717, 1.165) is 19.0 Å². The van der Waals surface area contributed by atoms with Gasteiger partial charge < -0.3 is 25.0 Å². The highest BCUT2D eigenvalue weighted by Crippen LogP contribution is 2.40. The molecule has 2 amide bonds. The first-order chi connectivity index (χ1) is 18.7.